The Morgan fingerprint density at radius 2 is 1.64 bits per heavy atom. The Hall–Kier alpha value is -4.06. The molecule has 0 bridgehead atoms. The zero-order chi connectivity index (χ0) is 26.0. The molecule has 8 nitrogen and oxygen atoms in total. The molecule has 0 aromatic heterocycles. The van der Waals surface area contributed by atoms with Gasteiger partial charge in [-0.3, -0.25) is 0 Å². The predicted octanol–water partition coefficient (Wildman–Crippen LogP) is 5.46. The molecule has 0 saturated heterocycles. The lowest BCUT2D eigenvalue weighted by Gasteiger charge is -2.27. The minimum Gasteiger partial charge on any atom is -0.493 e. The third-order valence-corrected chi connectivity index (χ3v) is 6.14. The lowest BCUT2D eigenvalue weighted by atomic mass is 9.83. The second kappa shape index (κ2) is 10.3. The highest BCUT2D eigenvalue weighted by Gasteiger charge is 2.32. The Kier molecular flexibility index (Phi) is 7.15. The maximum absolute atomic E-state index is 12.9. The molecule has 4 rings (SSSR count). The molecule has 0 fully saturated rings. The van der Waals surface area contributed by atoms with E-state index in [0.29, 0.717) is 44.2 Å². The first-order valence-corrected chi connectivity index (χ1v) is 11.3. The van der Waals surface area contributed by atoms with Crippen molar-refractivity contribution in [3.8, 4) is 34.8 Å². The molecule has 36 heavy (non-hydrogen) atoms. The SMILES string of the molecule is COc1cc(C(=O)Oc2ccc3c(c2)OC(N)=C(C#N)C3c2ccc(Cl)cc2Cl)cc(OC)c1OC. The maximum Gasteiger partial charge on any atom is 0.343 e. The normalized spacial score (nSPS) is 14.3. The highest BCUT2D eigenvalue weighted by molar-refractivity contribution is 6.35. The van der Waals surface area contributed by atoms with Gasteiger partial charge in [-0.25, -0.2) is 4.79 Å². The standard InChI is InChI=1S/C26H20Cl2N2O6/c1-32-21-8-13(9-22(33-2)24(21)34-3)26(31)35-15-5-7-17-20(11-15)36-25(30)18(12-29)23(17)16-6-4-14(27)10-19(16)28/h4-11,23H,30H2,1-3H3. The Bertz CT molecular complexity index is 1410. The Morgan fingerprint density at radius 1 is 0.972 bits per heavy atom. The van der Waals surface area contributed by atoms with Gasteiger partial charge in [-0.15, -0.1) is 0 Å². The molecule has 3 aromatic rings. The van der Waals surface area contributed by atoms with E-state index in [1.165, 1.54) is 39.5 Å². The van der Waals surface area contributed by atoms with Gasteiger partial charge in [0.25, 0.3) is 0 Å². The number of methoxy groups -OCH3 is 3. The highest BCUT2D eigenvalue weighted by Crippen LogP contribution is 2.46. The van der Waals surface area contributed by atoms with Crippen LogP contribution in [-0.2, 0) is 0 Å². The second-order valence-corrected chi connectivity index (χ2v) is 8.44. The average Bonchev–Trinajstić information content (AvgIpc) is 2.87. The van der Waals surface area contributed by atoms with Crippen molar-refractivity contribution in [3.63, 3.8) is 0 Å². The molecular formula is C26H20Cl2N2O6. The zero-order valence-corrected chi connectivity index (χ0v) is 20.9. The van der Waals surface area contributed by atoms with Crippen molar-refractivity contribution >= 4 is 29.2 Å². The van der Waals surface area contributed by atoms with Crippen LogP contribution >= 0.6 is 23.2 Å². The van der Waals surface area contributed by atoms with Crippen LogP contribution in [0.4, 0.5) is 0 Å². The molecule has 184 valence electrons. The summed E-state index contributed by atoms with van der Waals surface area (Å²) >= 11 is 12.5. The number of carbonyl (C=O) groups excluding carboxylic acids is 1. The summed E-state index contributed by atoms with van der Waals surface area (Å²) in [4.78, 5) is 12.9. The summed E-state index contributed by atoms with van der Waals surface area (Å²) in [5, 5.41) is 10.6. The average molecular weight is 527 g/mol. The number of ether oxygens (including phenoxy) is 5. The third kappa shape index (κ3) is 4.59. The van der Waals surface area contributed by atoms with E-state index in [-0.39, 0.29) is 22.8 Å². The summed E-state index contributed by atoms with van der Waals surface area (Å²) in [6.07, 6.45) is 0. The van der Waals surface area contributed by atoms with Crippen LogP contribution in [0.15, 0.2) is 60.0 Å². The number of benzene rings is 3. The van der Waals surface area contributed by atoms with Crippen LogP contribution in [0, 0.1) is 11.3 Å². The molecule has 3 aromatic carbocycles. The second-order valence-electron chi connectivity index (χ2n) is 7.59. The smallest absolute Gasteiger partial charge is 0.343 e. The lowest BCUT2D eigenvalue weighted by molar-refractivity contribution is 0.0733. The molecule has 0 spiro atoms. The molecule has 0 amide bonds. The topological polar surface area (TPSA) is 113 Å². The number of halogens is 2. The first-order valence-electron chi connectivity index (χ1n) is 10.5. The maximum atomic E-state index is 12.9. The van der Waals surface area contributed by atoms with Crippen molar-refractivity contribution in [2.75, 3.05) is 21.3 Å². The minimum atomic E-state index is -0.663. The van der Waals surface area contributed by atoms with E-state index in [1.807, 2.05) is 0 Å². The van der Waals surface area contributed by atoms with Gasteiger partial charge in [-0.05, 0) is 35.9 Å². The van der Waals surface area contributed by atoms with Gasteiger partial charge < -0.3 is 29.4 Å². The summed E-state index contributed by atoms with van der Waals surface area (Å²) in [5.74, 6) is 0.144. The van der Waals surface area contributed by atoms with E-state index in [9.17, 15) is 10.1 Å². The number of carbonyl (C=O) groups is 1. The highest BCUT2D eigenvalue weighted by atomic mass is 35.5. The molecule has 0 radical (unpaired) electrons. The number of nitrogens with zero attached hydrogens (tertiary/aromatic N) is 1. The van der Waals surface area contributed by atoms with Crippen LogP contribution in [0.5, 0.6) is 28.7 Å². The summed E-state index contributed by atoms with van der Waals surface area (Å²) < 4.78 is 27.2. The van der Waals surface area contributed by atoms with Crippen LogP contribution in [0.2, 0.25) is 10.0 Å². The monoisotopic (exact) mass is 526 g/mol. The molecule has 0 aliphatic carbocycles. The van der Waals surface area contributed by atoms with Gasteiger partial charge in [0.05, 0.1) is 32.8 Å². The number of rotatable bonds is 6. The Labute approximate surface area is 217 Å². The molecule has 1 atom stereocenters. The fourth-order valence-corrected chi connectivity index (χ4v) is 4.44. The number of esters is 1. The molecule has 1 aliphatic rings. The van der Waals surface area contributed by atoms with Crippen molar-refractivity contribution in [1.29, 1.82) is 5.26 Å². The van der Waals surface area contributed by atoms with E-state index < -0.39 is 11.9 Å². The van der Waals surface area contributed by atoms with Gasteiger partial charge in [0.2, 0.25) is 11.6 Å². The molecule has 0 saturated carbocycles. The van der Waals surface area contributed by atoms with Gasteiger partial charge in [-0.2, -0.15) is 5.26 Å². The van der Waals surface area contributed by atoms with Gasteiger partial charge >= 0.3 is 5.97 Å². The quantitative estimate of drug-likeness (QED) is 0.332. The Balaban J connectivity index is 1.70. The molecular weight excluding hydrogens is 507 g/mol. The minimum absolute atomic E-state index is 0.0749. The fourth-order valence-electron chi connectivity index (χ4n) is 3.92. The summed E-state index contributed by atoms with van der Waals surface area (Å²) in [7, 11) is 4.36. The van der Waals surface area contributed by atoms with Gasteiger partial charge in [-0.1, -0.05) is 35.3 Å². The summed E-state index contributed by atoms with van der Waals surface area (Å²) in [6, 6.07) is 14.9. The lowest BCUT2D eigenvalue weighted by Crippen LogP contribution is -2.21. The van der Waals surface area contributed by atoms with Crippen LogP contribution < -0.4 is 29.4 Å². The van der Waals surface area contributed by atoms with Crippen molar-refractivity contribution in [2.45, 2.75) is 5.92 Å². The van der Waals surface area contributed by atoms with E-state index in [0.717, 1.165) is 0 Å². The van der Waals surface area contributed by atoms with Crippen LogP contribution in [0.3, 0.4) is 0 Å². The van der Waals surface area contributed by atoms with Crippen molar-refractivity contribution in [3.05, 3.63) is 86.7 Å². The molecule has 1 unspecified atom stereocenters. The number of hydrogen-bond acceptors (Lipinski definition) is 8. The molecule has 1 heterocycles. The third-order valence-electron chi connectivity index (χ3n) is 5.58. The van der Waals surface area contributed by atoms with E-state index >= 15 is 0 Å². The summed E-state index contributed by atoms with van der Waals surface area (Å²) in [5.41, 5.74) is 7.70. The number of fused-ring (bicyclic) bond motifs is 1. The van der Waals surface area contributed by atoms with Gasteiger partial charge in [0.1, 0.15) is 23.1 Å². The van der Waals surface area contributed by atoms with Crippen LogP contribution in [0.1, 0.15) is 27.4 Å². The summed E-state index contributed by atoms with van der Waals surface area (Å²) in [6.45, 7) is 0. The predicted molar refractivity (Wildman–Crippen MR) is 133 cm³/mol. The van der Waals surface area contributed by atoms with Crippen molar-refractivity contribution in [2.24, 2.45) is 5.73 Å². The van der Waals surface area contributed by atoms with Crippen molar-refractivity contribution in [1.82, 2.24) is 0 Å². The molecule has 2 N–H and O–H groups in total. The van der Waals surface area contributed by atoms with Gasteiger partial charge in [0.15, 0.2) is 11.5 Å². The number of allylic oxidation sites excluding steroid dienone is 1. The van der Waals surface area contributed by atoms with Crippen LogP contribution in [0.25, 0.3) is 0 Å². The van der Waals surface area contributed by atoms with E-state index in [4.69, 9.17) is 52.6 Å². The largest absolute Gasteiger partial charge is 0.493 e. The van der Waals surface area contributed by atoms with E-state index in [2.05, 4.69) is 6.07 Å². The zero-order valence-electron chi connectivity index (χ0n) is 19.4. The van der Waals surface area contributed by atoms with Crippen LogP contribution in [-0.4, -0.2) is 27.3 Å². The Morgan fingerprint density at radius 3 is 2.22 bits per heavy atom. The van der Waals surface area contributed by atoms with E-state index in [1.54, 1.807) is 30.3 Å². The number of nitrogens with two attached hydrogens (primary N) is 1. The van der Waals surface area contributed by atoms with Gasteiger partial charge in [0, 0.05) is 21.7 Å². The first-order chi connectivity index (χ1) is 17.3. The number of nitriles is 1. The fraction of sp³-hybridized carbons (Fsp3) is 0.154. The van der Waals surface area contributed by atoms with Crippen molar-refractivity contribution < 1.29 is 28.5 Å². The molecule has 10 heteroatoms. The first kappa shape index (κ1) is 25.0. The number of hydrogen-bond donors (Lipinski definition) is 1. The molecule has 1 aliphatic heterocycles.